The number of nitro groups is 1. The average molecular weight is 338 g/mol. The Hall–Kier alpha value is -3.75. The number of nitrogens with two attached hydrogens (primary N) is 1. The summed E-state index contributed by atoms with van der Waals surface area (Å²) in [5, 5.41) is 13.8. The Morgan fingerprint density at radius 3 is 2.64 bits per heavy atom. The van der Waals surface area contributed by atoms with Gasteiger partial charge in [-0.05, 0) is 18.2 Å². The number of hydrogen-bond acceptors (Lipinski definition) is 8. The Kier molecular flexibility index (Phi) is 4.65. The van der Waals surface area contributed by atoms with E-state index < -0.39 is 4.92 Å². The summed E-state index contributed by atoms with van der Waals surface area (Å²) in [5.74, 6) is 0.977. The molecule has 0 atom stereocenters. The minimum Gasteiger partial charge on any atom is -0.485 e. The third-order valence-corrected chi connectivity index (χ3v) is 3.13. The number of ether oxygens (including phenoxy) is 1. The third kappa shape index (κ3) is 4.38. The van der Waals surface area contributed by atoms with Crippen molar-refractivity contribution >= 4 is 23.3 Å². The maximum Gasteiger partial charge on any atom is 0.273 e. The molecule has 0 bridgehead atoms. The molecule has 0 radical (unpaired) electrons. The molecule has 25 heavy (non-hydrogen) atoms. The quantitative estimate of drug-likeness (QED) is 0.518. The second-order valence-corrected chi connectivity index (χ2v) is 4.97. The van der Waals surface area contributed by atoms with Gasteiger partial charge in [0.05, 0.1) is 11.0 Å². The van der Waals surface area contributed by atoms with Gasteiger partial charge in [0.2, 0.25) is 11.9 Å². The van der Waals surface area contributed by atoms with Crippen LogP contribution in [0, 0.1) is 10.1 Å². The van der Waals surface area contributed by atoms with E-state index >= 15 is 0 Å². The summed E-state index contributed by atoms with van der Waals surface area (Å²) in [5.41, 5.74) is 6.45. The fourth-order valence-electron chi connectivity index (χ4n) is 2.04. The second kappa shape index (κ2) is 7.21. The molecule has 3 rings (SSSR count). The van der Waals surface area contributed by atoms with Crippen LogP contribution in [0.4, 0.5) is 23.3 Å². The molecule has 1 aromatic heterocycles. The number of para-hydroxylation sites is 1. The van der Waals surface area contributed by atoms with Crippen molar-refractivity contribution < 1.29 is 9.66 Å². The Bertz CT molecular complexity index is 888. The number of hydrogen-bond donors (Lipinski definition) is 2. The van der Waals surface area contributed by atoms with Crippen molar-refractivity contribution in [3.63, 3.8) is 0 Å². The minimum atomic E-state index is -0.490. The number of nitro benzene ring substituents is 1. The zero-order valence-corrected chi connectivity index (χ0v) is 13.0. The highest BCUT2D eigenvalue weighted by molar-refractivity contribution is 5.53. The highest BCUT2D eigenvalue weighted by atomic mass is 16.6. The van der Waals surface area contributed by atoms with Crippen LogP contribution in [0.1, 0.15) is 5.82 Å². The van der Waals surface area contributed by atoms with Crippen molar-refractivity contribution in [2.75, 3.05) is 11.1 Å². The van der Waals surface area contributed by atoms with Crippen molar-refractivity contribution in [2.45, 2.75) is 6.61 Å². The van der Waals surface area contributed by atoms with Crippen molar-refractivity contribution in [3.05, 3.63) is 70.5 Å². The molecule has 0 aliphatic rings. The smallest absolute Gasteiger partial charge is 0.273 e. The number of rotatable bonds is 6. The highest BCUT2D eigenvalue weighted by Crippen LogP contribution is 2.20. The average Bonchev–Trinajstić information content (AvgIpc) is 2.61. The van der Waals surface area contributed by atoms with E-state index in [2.05, 4.69) is 20.3 Å². The van der Waals surface area contributed by atoms with Gasteiger partial charge in [-0.25, -0.2) is 0 Å². The molecule has 9 heteroatoms. The highest BCUT2D eigenvalue weighted by Gasteiger charge is 2.09. The lowest BCUT2D eigenvalue weighted by Crippen LogP contribution is -2.09. The monoisotopic (exact) mass is 338 g/mol. The lowest BCUT2D eigenvalue weighted by atomic mass is 10.3. The summed E-state index contributed by atoms with van der Waals surface area (Å²) < 4.78 is 5.50. The molecule has 0 fully saturated rings. The fraction of sp³-hybridized carbons (Fsp3) is 0.0625. The van der Waals surface area contributed by atoms with Crippen LogP contribution in [0.3, 0.4) is 0 Å². The number of nitrogens with one attached hydrogen (secondary N) is 1. The van der Waals surface area contributed by atoms with E-state index in [1.54, 1.807) is 6.07 Å². The van der Waals surface area contributed by atoms with Gasteiger partial charge < -0.3 is 15.8 Å². The van der Waals surface area contributed by atoms with Crippen LogP contribution in [-0.2, 0) is 6.61 Å². The number of anilines is 3. The fourth-order valence-corrected chi connectivity index (χ4v) is 2.04. The number of benzene rings is 2. The topological polar surface area (TPSA) is 129 Å². The van der Waals surface area contributed by atoms with Crippen molar-refractivity contribution in [1.82, 2.24) is 15.0 Å². The molecular formula is C16H14N6O3. The molecule has 0 spiro atoms. The number of nitrogen functional groups attached to an aromatic ring is 1. The molecule has 1 heterocycles. The molecule has 0 amide bonds. The van der Waals surface area contributed by atoms with E-state index in [9.17, 15) is 10.1 Å². The summed E-state index contributed by atoms with van der Waals surface area (Å²) >= 11 is 0. The number of aromatic nitrogens is 3. The largest absolute Gasteiger partial charge is 0.485 e. The normalized spacial score (nSPS) is 10.2. The van der Waals surface area contributed by atoms with Gasteiger partial charge in [0.15, 0.2) is 5.82 Å². The van der Waals surface area contributed by atoms with Gasteiger partial charge in [0.1, 0.15) is 12.4 Å². The Morgan fingerprint density at radius 1 is 1.08 bits per heavy atom. The summed E-state index contributed by atoms with van der Waals surface area (Å²) in [6, 6.07) is 15.2. The second-order valence-electron chi connectivity index (χ2n) is 4.97. The van der Waals surface area contributed by atoms with Crippen LogP contribution in [0.5, 0.6) is 5.75 Å². The summed E-state index contributed by atoms with van der Waals surface area (Å²) in [6.45, 7) is -0.00262. The lowest BCUT2D eigenvalue weighted by Gasteiger charge is -2.08. The molecule has 0 aliphatic carbocycles. The van der Waals surface area contributed by atoms with Gasteiger partial charge in [-0.1, -0.05) is 24.3 Å². The first kappa shape index (κ1) is 16.1. The van der Waals surface area contributed by atoms with E-state index in [1.165, 1.54) is 18.2 Å². The van der Waals surface area contributed by atoms with Crippen molar-refractivity contribution in [1.29, 1.82) is 0 Å². The van der Waals surface area contributed by atoms with Gasteiger partial charge in [-0.2, -0.15) is 15.0 Å². The van der Waals surface area contributed by atoms with E-state index in [-0.39, 0.29) is 24.2 Å². The van der Waals surface area contributed by atoms with Crippen molar-refractivity contribution in [2.24, 2.45) is 0 Å². The minimum absolute atomic E-state index is 0.00262. The van der Waals surface area contributed by atoms with E-state index in [0.29, 0.717) is 11.6 Å². The number of nitrogens with zero attached hydrogens (tertiary/aromatic N) is 4. The molecule has 0 saturated heterocycles. The number of non-ortho nitro benzene ring substituents is 1. The van der Waals surface area contributed by atoms with Crippen LogP contribution in [0.15, 0.2) is 54.6 Å². The van der Waals surface area contributed by atoms with Gasteiger partial charge in [0.25, 0.3) is 5.69 Å². The first-order valence-corrected chi connectivity index (χ1v) is 7.30. The zero-order chi connectivity index (χ0) is 17.6. The van der Waals surface area contributed by atoms with Crippen LogP contribution in [-0.4, -0.2) is 19.9 Å². The molecular weight excluding hydrogens is 324 g/mol. The maximum atomic E-state index is 10.8. The van der Waals surface area contributed by atoms with Gasteiger partial charge in [0, 0.05) is 11.8 Å². The van der Waals surface area contributed by atoms with Gasteiger partial charge in [-0.3, -0.25) is 10.1 Å². The molecule has 2 aromatic carbocycles. The summed E-state index contributed by atoms with van der Waals surface area (Å²) in [6.07, 6.45) is 0. The van der Waals surface area contributed by atoms with Gasteiger partial charge >= 0.3 is 0 Å². The molecule has 0 saturated carbocycles. The summed E-state index contributed by atoms with van der Waals surface area (Å²) in [7, 11) is 0. The molecule has 9 nitrogen and oxygen atoms in total. The molecule has 126 valence electrons. The molecule has 0 unspecified atom stereocenters. The van der Waals surface area contributed by atoms with Crippen LogP contribution in [0.2, 0.25) is 0 Å². The first-order chi connectivity index (χ1) is 12.1. The van der Waals surface area contributed by atoms with Crippen LogP contribution >= 0.6 is 0 Å². The zero-order valence-electron chi connectivity index (χ0n) is 13.0. The SMILES string of the molecule is Nc1nc(COc2cccc([N+](=O)[O-])c2)nc(Nc2ccccc2)n1. The predicted molar refractivity (Wildman–Crippen MR) is 91.4 cm³/mol. The van der Waals surface area contributed by atoms with Gasteiger partial charge in [-0.15, -0.1) is 0 Å². The molecule has 3 aromatic rings. The Labute approximate surface area is 142 Å². The Morgan fingerprint density at radius 2 is 1.88 bits per heavy atom. The lowest BCUT2D eigenvalue weighted by molar-refractivity contribution is -0.384. The molecule has 3 N–H and O–H groups in total. The Balaban J connectivity index is 1.72. The van der Waals surface area contributed by atoms with E-state index in [1.807, 2.05) is 30.3 Å². The first-order valence-electron chi connectivity index (χ1n) is 7.30. The van der Waals surface area contributed by atoms with E-state index in [0.717, 1.165) is 5.69 Å². The van der Waals surface area contributed by atoms with Crippen LogP contribution < -0.4 is 15.8 Å². The predicted octanol–water partition coefficient (Wildman–Crippen LogP) is 2.68. The molecule has 0 aliphatic heterocycles. The maximum absolute atomic E-state index is 10.8. The summed E-state index contributed by atoms with van der Waals surface area (Å²) in [4.78, 5) is 22.5. The van der Waals surface area contributed by atoms with E-state index in [4.69, 9.17) is 10.5 Å². The third-order valence-electron chi connectivity index (χ3n) is 3.13. The van der Waals surface area contributed by atoms with Crippen LogP contribution in [0.25, 0.3) is 0 Å². The standard InChI is InChI=1S/C16H14N6O3/c17-15-19-14(10-25-13-8-4-7-12(9-13)22(23)24)20-16(21-15)18-11-5-2-1-3-6-11/h1-9H,10H2,(H3,17,18,19,20,21). The van der Waals surface area contributed by atoms with Crippen molar-refractivity contribution in [3.8, 4) is 5.75 Å².